The molecule has 0 aliphatic heterocycles. The van der Waals surface area contributed by atoms with Crippen molar-refractivity contribution in [2.75, 3.05) is 5.32 Å². The van der Waals surface area contributed by atoms with Gasteiger partial charge in [0.25, 0.3) is 5.91 Å². The van der Waals surface area contributed by atoms with Gasteiger partial charge in [-0.25, -0.2) is 4.79 Å². The van der Waals surface area contributed by atoms with Gasteiger partial charge < -0.3 is 14.6 Å². The van der Waals surface area contributed by atoms with Crippen molar-refractivity contribution in [3.05, 3.63) is 46.8 Å². The Labute approximate surface area is 139 Å². The van der Waals surface area contributed by atoms with Crippen molar-refractivity contribution in [3.8, 4) is 0 Å². The molecule has 1 amide bonds. The second-order valence-electron chi connectivity index (χ2n) is 5.37. The highest BCUT2D eigenvalue weighted by Gasteiger charge is 2.24. The van der Waals surface area contributed by atoms with E-state index in [1.807, 2.05) is 0 Å². The third kappa shape index (κ3) is 3.87. The minimum Gasteiger partial charge on any atom is -0.449 e. The standard InChI is InChI=1S/C17H18N2O5/c1-9-15(11(3)24-19-9)17(22)23-12(4)16(21)18-14-7-5-13(6-8-14)10(2)20/h5-8,12H,1-4H3,(H,18,21)/t12-/m1/s1. The average molecular weight is 330 g/mol. The van der Waals surface area contributed by atoms with Gasteiger partial charge in [0, 0.05) is 11.3 Å². The number of carbonyl (C=O) groups is 3. The Morgan fingerprint density at radius 2 is 1.79 bits per heavy atom. The number of nitrogens with zero attached hydrogens (tertiary/aromatic N) is 1. The zero-order valence-corrected chi connectivity index (χ0v) is 13.9. The summed E-state index contributed by atoms with van der Waals surface area (Å²) >= 11 is 0. The molecular weight excluding hydrogens is 312 g/mol. The van der Waals surface area contributed by atoms with E-state index in [2.05, 4.69) is 10.5 Å². The van der Waals surface area contributed by atoms with Crippen molar-refractivity contribution in [1.29, 1.82) is 0 Å². The summed E-state index contributed by atoms with van der Waals surface area (Å²) in [4.78, 5) is 35.4. The molecule has 126 valence electrons. The largest absolute Gasteiger partial charge is 0.449 e. The summed E-state index contributed by atoms with van der Waals surface area (Å²) in [5, 5.41) is 6.30. The maximum Gasteiger partial charge on any atom is 0.344 e. The molecule has 2 rings (SSSR count). The molecule has 0 saturated carbocycles. The predicted molar refractivity (Wildman–Crippen MR) is 85.9 cm³/mol. The number of aryl methyl sites for hydroxylation is 2. The number of hydrogen-bond acceptors (Lipinski definition) is 6. The Kier molecular flexibility index (Phi) is 5.13. The smallest absolute Gasteiger partial charge is 0.344 e. The molecule has 1 aromatic heterocycles. The van der Waals surface area contributed by atoms with E-state index in [-0.39, 0.29) is 11.3 Å². The topological polar surface area (TPSA) is 98.5 Å². The Bertz CT molecular complexity index is 757. The van der Waals surface area contributed by atoms with Crippen LogP contribution >= 0.6 is 0 Å². The maximum atomic E-state index is 12.1. The summed E-state index contributed by atoms with van der Waals surface area (Å²) in [6.45, 7) is 6.14. The molecule has 1 aromatic carbocycles. The third-order valence-electron chi connectivity index (χ3n) is 3.45. The fourth-order valence-electron chi connectivity index (χ4n) is 2.08. The van der Waals surface area contributed by atoms with Gasteiger partial charge in [0.1, 0.15) is 11.3 Å². The fraction of sp³-hybridized carbons (Fsp3) is 0.294. The van der Waals surface area contributed by atoms with Crippen LogP contribution in [0.3, 0.4) is 0 Å². The summed E-state index contributed by atoms with van der Waals surface area (Å²) < 4.78 is 10.1. The molecule has 2 aromatic rings. The molecule has 1 heterocycles. The third-order valence-corrected chi connectivity index (χ3v) is 3.45. The first-order chi connectivity index (χ1) is 11.3. The number of Topliss-reactive ketones (excluding diaryl/α,β-unsaturated/α-hetero) is 1. The number of ether oxygens (including phenoxy) is 1. The number of esters is 1. The van der Waals surface area contributed by atoms with Crippen molar-refractivity contribution in [2.45, 2.75) is 33.8 Å². The monoisotopic (exact) mass is 330 g/mol. The summed E-state index contributed by atoms with van der Waals surface area (Å²) in [6.07, 6.45) is -1.00. The van der Waals surface area contributed by atoms with Gasteiger partial charge in [-0.1, -0.05) is 5.16 Å². The number of rotatable bonds is 5. The van der Waals surface area contributed by atoms with Crippen LogP contribution in [-0.4, -0.2) is 28.9 Å². The first kappa shape index (κ1) is 17.4. The van der Waals surface area contributed by atoms with E-state index in [9.17, 15) is 14.4 Å². The lowest BCUT2D eigenvalue weighted by Crippen LogP contribution is -2.30. The summed E-state index contributed by atoms with van der Waals surface area (Å²) in [6, 6.07) is 6.44. The van der Waals surface area contributed by atoms with Crippen molar-refractivity contribution >= 4 is 23.3 Å². The summed E-state index contributed by atoms with van der Waals surface area (Å²) in [5.74, 6) is -0.869. The Hall–Kier alpha value is -2.96. The molecule has 7 heteroatoms. The van der Waals surface area contributed by atoms with Crippen LogP contribution in [0.25, 0.3) is 0 Å². The number of benzene rings is 1. The van der Waals surface area contributed by atoms with Crippen molar-refractivity contribution in [1.82, 2.24) is 5.16 Å². The molecule has 0 unspecified atom stereocenters. The van der Waals surface area contributed by atoms with E-state index in [0.29, 0.717) is 22.7 Å². The zero-order valence-electron chi connectivity index (χ0n) is 13.9. The summed E-state index contributed by atoms with van der Waals surface area (Å²) in [7, 11) is 0. The zero-order chi connectivity index (χ0) is 17.9. The van der Waals surface area contributed by atoms with Gasteiger partial charge in [0.15, 0.2) is 11.9 Å². The van der Waals surface area contributed by atoms with Crippen LogP contribution in [0.2, 0.25) is 0 Å². The molecule has 0 saturated heterocycles. The van der Waals surface area contributed by atoms with Crippen LogP contribution in [-0.2, 0) is 9.53 Å². The van der Waals surface area contributed by atoms with Gasteiger partial charge in [-0.2, -0.15) is 0 Å². The van der Waals surface area contributed by atoms with Gasteiger partial charge in [-0.3, -0.25) is 9.59 Å². The Morgan fingerprint density at radius 3 is 2.29 bits per heavy atom. The van der Waals surface area contributed by atoms with Gasteiger partial charge in [-0.15, -0.1) is 0 Å². The van der Waals surface area contributed by atoms with Crippen molar-refractivity contribution in [2.24, 2.45) is 0 Å². The minimum atomic E-state index is -1.00. The molecule has 7 nitrogen and oxygen atoms in total. The molecule has 0 spiro atoms. The molecule has 0 radical (unpaired) electrons. The van der Waals surface area contributed by atoms with E-state index in [1.165, 1.54) is 13.8 Å². The number of ketones is 1. The van der Waals surface area contributed by atoms with E-state index in [4.69, 9.17) is 9.26 Å². The first-order valence-corrected chi connectivity index (χ1v) is 7.35. The molecule has 0 aliphatic rings. The molecule has 1 N–H and O–H groups in total. The fourth-order valence-corrected chi connectivity index (χ4v) is 2.08. The lowest BCUT2D eigenvalue weighted by atomic mass is 10.1. The number of nitrogens with one attached hydrogen (secondary N) is 1. The number of aromatic nitrogens is 1. The maximum absolute atomic E-state index is 12.1. The van der Waals surface area contributed by atoms with E-state index in [1.54, 1.807) is 38.1 Å². The molecular formula is C17H18N2O5. The van der Waals surface area contributed by atoms with Gasteiger partial charge in [0.2, 0.25) is 0 Å². The highest BCUT2D eigenvalue weighted by Crippen LogP contribution is 2.15. The predicted octanol–water partition coefficient (Wildman–Crippen LogP) is 2.68. The Balaban J connectivity index is 1.99. The molecule has 0 bridgehead atoms. The molecule has 1 atom stereocenters. The normalized spacial score (nSPS) is 11.7. The van der Waals surface area contributed by atoms with Crippen LogP contribution in [0.1, 0.15) is 46.0 Å². The Morgan fingerprint density at radius 1 is 1.17 bits per heavy atom. The lowest BCUT2D eigenvalue weighted by molar-refractivity contribution is -0.123. The van der Waals surface area contributed by atoms with Crippen LogP contribution in [0.4, 0.5) is 5.69 Å². The quantitative estimate of drug-likeness (QED) is 0.668. The van der Waals surface area contributed by atoms with E-state index >= 15 is 0 Å². The number of amides is 1. The second-order valence-corrected chi connectivity index (χ2v) is 5.37. The number of anilines is 1. The SMILES string of the molecule is CC(=O)c1ccc(NC(=O)[C@@H](C)OC(=O)c2c(C)noc2C)cc1. The molecule has 24 heavy (non-hydrogen) atoms. The van der Waals surface area contributed by atoms with E-state index < -0.39 is 18.0 Å². The van der Waals surface area contributed by atoms with Crippen molar-refractivity contribution < 1.29 is 23.6 Å². The van der Waals surface area contributed by atoms with Crippen LogP contribution in [0.5, 0.6) is 0 Å². The highest BCUT2D eigenvalue weighted by molar-refractivity contribution is 5.98. The first-order valence-electron chi connectivity index (χ1n) is 7.35. The molecule has 0 fully saturated rings. The van der Waals surface area contributed by atoms with Crippen LogP contribution < -0.4 is 5.32 Å². The minimum absolute atomic E-state index is 0.0605. The summed E-state index contributed by atoms with van der Waals surface area (Å²) in [5.41, 5.74) is 1.68. The number of carbonyl (C=O) groups excluding carboxylic acids is 3. The second kappa shape index (κ2) is 7.08. The molecule has 0 aliphatic carbocycles. The van der Waals surface area contributed by atoms with Crippen LogP contribution in [0.15, 0.2) is 28.8 Å². The van der Waals surface area contributed by atoms with Gasteiger partial charge in [0.05, 0.1) is 5.69 Å². The van der Waals surface area contributed by atoms with Crippen LogP contribution in [0, 0.1) is 13.8 Å². The lowest BCUT2D eigenvalue weighted by Gasteiger charge is -2.13. The van der Waals surface area contributed by atoms with Gasteiger partial charge >= 0.3 is 5.97 Å². The number of hydrogen-bond donors (Lipinski definition) is 1. The highest BCUT2D eigenvalue weighted by atomic mass is 16.5. The average Bonchev–Trinajstić information content (AvgIpc) is 2.86. The van der Waals surface area contributed by atoms with Crippen molar-refractivity contribution in [3.63, 3.8) is 0 Å². The van der Waals surface area contributed by atoms with Gasteiger partial charge in [-0.05, 0) is 52.0 Å². The van der Waals surface area contributed by atoms with E-state index in [0.717, 1.165) is 0 Å².